The van der Waals surface area contributed by atoms with Gasteiger partial charge < -0.3 is 10.6 Å². The van der Waals surface area contributed by atoms with Crippen LogP contribution in [0.4, 0.5) is 0 Å². The SMILES string of the molecule is NC1CCN(CC2C=CCCC2)CC1. The quantitative estimate of drug-likeness (QED) is 0.679. The van der Waals surface area contributed by atoms with Crippen molar-refractivity contribution in [2.45, 2.75) is 38.1 Å². The van der Waals surface area contributed by atoms with E-state index >= 15 is 0 Å². The summed E-state index contributed by atoms with van der Waals surface area (Å²) in [6, 6.07) is 0.466. The van der Waals surface area contributed by atoms with Crippen LogP contribution in [0, 0.1) is 5.92 Å². The molecule has 1 saturated heterocycles. The highest BCUT2D eigenvalue weighted by Crippen LogP contribution is 2.19. The maximum absolute atomic E-state index is 5.89. The van der Waals surface area contributed by atoms with Gasteiger partial charge in [-0.15, -0.1) is 0 Å². The highest BCUT2D eigenvalue weighted by molar-refractivity contribution is 4.94. The van der Waals surface area contributed by atoms with Crippen molar-refractivity contribution in [2.75, 3.05) is 19.6 Å². The van der Waals surface area contributed by atoms with Gasteiger partial charge in [0.2, 0.25) is 0 Å². The van der Waals surface area contributed by atoms with Gasteiger partial charge >= 0.3 is 0 Å². The van der Waals surface area contributed by atoms with E-state index in [1.54, 1.807) is 0 Å². The molecule has 1 aliphatic heterocycles. The lowest BCUT2D eigenvalue weighted by Crippen LogP contribution is -2.41. The molecule has 1 atom stereocenters. The number of piperidine rings is 1. The third kappa shape index (κ3) is 2.82. The molecular formula is C12H22N2. The fourth-order valence-electron chi connectivity index (χ4n) is 2.50. The Morgan fingerprint density at radius 3 is 2.64 bits per heavy atom. The summed E-state index contributed by atoms with van der Waals surface area (Å²) in [5.41, 5.74) is 5.89. The summed E-state index contributed by atoms with van der Waals surface area (Å²) in [6.07, 6.45) is 11.2. The van der Waals surface area contributed by atoms with Gasteiger partial charge in [-0.05, 0) is 51.1 Å². The fraction of sp³-hybridized carbons (Fsp3) is 0.833. The van der Waals surface area contributed by atoms with Crippen molar-refractivity contribution in [2.24, 2.45) is 11.7 Å². The Labute approximate surface area is 87.2 Å². The molecular weight excluding hydrogens is 172 g/mol. The summed E-state index contributed by atoms with van der Waals surface area (Å²) in [5.74, 6) is 0.818. The van der Waals surface area contributed by atoms with Crippen LogP contribution in [0.2, 0.25) is 0 Å². The van der Waals surface area contributed by atoms with Crippen molar-refractivity contribution in [1.82, 2.24) is 4.90 Å². The second-order valence-corrected chi connectivity index (χ2v) is 4.76. The molecule has 2 N–H and O–H groups in total. The number of rotatable bonds is 2. The summed E-state index contributed by atoms with van der Waals surface area (Å²) in [5, 5.41) is 0. The molecule has 2 aliphatic rings. The second kappa shape index (κ2) is 4.94. The average molecular weight is 194 g/mol. The molecule has 0 bridgehead atoms. The lowest BCUT2D eigenvalue weighted by molar-refractivity contribution is 0.190. The Morgan fingerprint density at radius 1 is 1.21 bits per heavy atom. The molecule has 2 heteroatoms. The first-order valence-corrected chi connectivity index (χ1v) is 5.99. The van der Waals surface area contributed by atoms with Gasteiger partial charge in [0.1, 0.15) is 0 Å². The van der Waals surface area contributed by atoms with Crippen LogP contribution in [0.3, 0.4) is 0 Å². The summed E-state index contributed by atoms with van der Waals surface area (Å²) in [6.45, 7) is 3.69. The number of allylic oxidation sites excluding steroid dienone is 1. The molecule has 14 heavy (non-hydrogen) atoms. The highest BCUT2D eigenvalue weighted by atomic mass is 15.1. The predicted octanol–water partition coefficient (Wildman–Crippen LogP) is 1.77. The fourth-order valence-corrected chi connectivity index (χ4v) is 2.50. The second-order valence-electron chi connectivity index (χ2n) is 4.76. The Balaban J connectivity index is 1.74. The predicted molar refractivity (Wildman–Crippen MR) is 60.1 cm³/mol. The van der Waals surface area contributed by atoms with E-state index < -0.39 is 0 Å². The van der Waals surface area contributed by atoms with E-state index in [9.17, 15) is 0 Å². The monoisotopic (exact) mass is 194 g/mol. The molecule has 0 radical (unpaired) electrons. The first-order valence-electron chi connectivity index (χ1n) is 5.99. The maximum Gasteiger partial charge on any atom is 0.00631 e. The normalized spacial score (nSPS) is 30.8. The molecule has 0 aromatic rings. The molecule has 0 aromatic heterocycles. The van der Waals surface area contributed by atoms with Crippen LogP contribution in [0.1, 0.15) is 32.1 Å². The van der Waals surface area contributed by atoms with E-state index in [2.05, 4.69) is 17.1 Å². The molecule has 1 heterocycles. The van der Waals surface area contributed by atoms with Gasteiger partial charge in [0.25, 0.3) is 0 Å². The zero-order valence-electron chi connectivity index (χ0n) is 8.99. The van der Waals surface area contributed by atoms with Gasteiger partial charge in [-0.25, -0.2) is 0 Å². The Kier molecular flexibility index (Phi) is 3.60. The van der Waals surface area contributed by atoms with Gasteiger partial charge in [-0.3, -0.25) is 0 Å². The summed E-state index contributed by atoms with van der Waals surface area (Å²) in [4.78, 5) is 2.59. The molecule has 1 aliphatic carbocycles. The van der Waals surface area contributed by atoms with Crippen molar-refractivity contribution in [3.05, 3.63) is 12.2 Å². The zero-order chi connectivity index (χ0) is 9.80. The zero-order valence-corrected chi connectivity index (χ0v) is 8.99. The Hall–Kier alpha value is -0.340. The first-order chi connectivity index (χ1) is 6.84. The van der Waals surface area contributed by atoms with Crippen molar-refractivity contribution in [3.8, 4) is 0 Å². The van der Waals surface area contributed by atoms with E-state index in [-0.39, 0.29) is 0 Å². The average Bonchev–Trinajstić information content (AvgIpc) is 2.23. The summed E-state index contributed by atoms with van der Waals surface area (Å²) < 4.78 is 0. The lowest BCUT2D eigenvalue weighted by Gasteiger charge is -2.32. The third-order valence-electron chi connectivity index (χ3n) is 3.48. The number of hydrogen-bond donors (Lipinski definition) is 1. The molecule has 0 aromatic carbocycles. The van der Waals surface area contributed by atoms with E-state index in [1.165, 1.54) is 51.7 Å². The topological polar surface area (TPSA) is 29.3 Å². The first kappa shape index (κ1) is 10.2. The van der Waals surface area contributed by atoms with Crippen LogP contribution >= 0.6 is 0 Å². The van der Waals surface area contributed by atoms with Crippen molar-refractivity contribution >= 4 is 0 Å². The number of nitrogens with zero attached hydrogens (tertiary/aromatic N) is 1. The van der Waals surface area contributed by atoms with Crippen molar-refractivity contribution < 1.29 is 0 Å². The summed E-state index contributed by atoms with van der Waals surface area (Å²) >= 11 is 0. The number of likely N-dealkylation sites (tertiary alicyclic amines) is 1. The molecule has 1 fully saturated rings. The van der Waals surface area contributed by atoms with Crippen LogP contribution in [-0.2, 0) is 0 Å². The molecule has 0 saturated carbocycles. The number of hydrogen-bond acceptors (Lipinski definition) is 2. The van der Waals surface area contributed by atoms with Crippen molar-refractivity contribution in [1.29, 1.82) is 0 Å². The van der Waals surface area contributed by atoms with E-state index in [0.717, 1.165) is 5.92 Å². The Bertz CT molecular complexity index is 192. The van der Waals surface area contributed by atoms with Gasteiger partial charge in [0.05, 0.1) is 0 Å². The molecule has 0 amide bonds. The largest absolute Gasteiger partial charge is 0.328 e. The van der Waals surface area contributed by atoms with Crippen LogP contribution in [-0.4, -0.2) is 30.6 Å². The molecule has 1 unspecified atom stereocenters. The molecule has 80 valence electrons. The van der Waals surface area contributed by atoms with E-state index in [0.29, 0.717) is 6.04 Å². The highest BCUT2D eigenvalue weighted by Gasteiger charge is 2.18. The van der Waals surface area contributed by atoms with Gasteiger partial charge in [-0.2, -0.15) is 0 Å². The molecule has 2 rings (SSSR count). The minimum Gasteiger partial charge on any atom is -0.328 e. The molecule has 0 spiro atoms. The van der Waals surface area contributed by atoms with Crippen LogP contribution in [0.25, 0.3) is 0 Å². The lowest BCUT2D eigenvalue weighted by atomic mass is 9.94. The summed E-state index contributed by atoms with van der Waals surface area (Å²) in [7, 11) is 0. The van der Waals surface area contributed by atoms with Gasteiger partial charge in [0, 0.05) is 12.6 Å². The maximum atomic E-state index is 5.89. The van der Waals surface area contributed by atoms with Crippen LogP contribution in [0.5, 0.6) is 0 Å². The smallest absolute Gasteiger partial charge is 0.00631 e. The minimum absolute atomic E-state index is 0.466. The van der Waals surface area contributed by atoms with E-state index in [1.807, 2.05) is 0 Å². The van der Waals surface area contributed by atoms with Gasteiger partial charge in [0.15, 0.2) is 0 Å². The van der Waals surface area contributed by atoms with Crippen LogP contribution < -0.4 is 5.73 Å². The van der Waals surface area contributed by atoms with E-state index in [4.69, 9.17) is 5.73 Å². The third-order valence-corrected chi connectivity index (χ3v) is 3.48. The molecule has 2 nitrogen and oxygen atoms in total. The minimum atomic E-state index is 0.466. The van der Waals surface area contributed by atoms with Gasteiger partial charge in [-0.1, -0.05) is 12.2 Å². The Morgan fingerprint density at radius 2 is 2.00 bits per heavy atom. The standard InChI is InChI=1S/C12H22N2/c13-12-6-8-14(9-7-12)10-11-4-2-1-3-5-11/h2,4,11-12H,1,3,5-10,13H2. The number of nitrogens with two attached hydrogens (primary N) is 1. The van der Waals surface area contributed by atoms with Crippen LogP contribution in [0.15, 0.2) is 12.2 Å². The van der Waals surface area contributed by atoms with Crippen molar-refractivity contribution in [3.63, 3.8) is 0 Å².